The molecular formula is C13H19N3O2. The number of amides is 1. The molecule has 5 nitrogen and oxygen atoms in total. The van der Waals surface area contributed by atoms with E-state index in [-0.39, 0.29) is 17.6 Å². The second-order valence-electron chi connectivity index (χ2n) is 5.42. The molecule has 3 rings (SSSR count). The molecule has 1 saturated carbocycles. The maximum atomic E-state index is 11.9. The van der Waals surface area contributed by atoms with Crippen molar-refractivity contribution in [2.45, 2.75) is 50.2 Å². The molecule has 1 saturated heterocycles. The first-order valence-corrected chi connectivity index (χ1v) is 6.71. The van der Waals surface area contributed by atoms with Crippen LogP contribution in [0, 0.1) is 0 Å². The Bertz CT molecular complexity index is 410. The third kappa shape index (κ3) is 2.27. The van der Waals surface area contributed by atoms with Crippen molar-refractivity contribution in [1.29, 1.82) is 0 Å². The van der Waals surface area contributed by atoms with E-state index in [2.05, 4.69) is 15.5 Å². The molecule has 0 bridgehead atoms. The zero-order valence-corrected chi connectivity index (χ0v) is 10.4. The Morgan fingerprint density at radius 3 is 3.00 bits per heavy atom. The van der Waals surface area contributed by atoms with Crippen molar-refractivity contribution in [1.82, 2.24) is 15.5 Å². The largest absolute Gasteiger partial charge is 0.373 e. The lowest BCUT2D eigenvalue weighted by molar-refractivity contribution is -0.0246. The van der Waals surface area contributed by atoms with Gasteiger partial charge >= 0.3 is 0 Å². The van der Waals surface area contributed by atoms with Crippen LogP contribution in [0.4, 0.5) is 0 Å². The summed E-state index contributed by atoms with van der Waals surface area (Å²) in [5.74, 6) is -0.0646. The maximum Gasteiger partial charge on any atom is 0.254 e. The lowest BCUT2D eigenvalue weighted by Gasteiger charge is -2.32. The number of rotatable bonds is 2. The number of aromatic nitrogens is 2. The quantitative estimate of drug-likeness (QED) is 0.837. The van der Waals surface area contributed by atoms with Gasteiger partial charge in [0.05, 0.1) is 30.0 Å². The van der Waals surface area contributed by atoms with Crippen molar-refractivity contribution < 1.29 is 9.53 Å². The van der Waals surface area contributed by atoms with E-state index in [4.69, 9.17) is 4.74 Å². The number of aromatic amines is 1. The summed E-state index contributed by atoms with van der Waals surface area (Å²) in [6, 6.07) is 0.144. The molecule has 98 valence electrons. The molecule has 1 atom stereocenters. The lowest BCUT2D eigenvalue weighted by Crippen LogP contribution is -2.37. The molecule has 2 N–H and O–H groups in total. The maximum absolute atomic E-state index is 11.9. The van der Waals surface area contributed by atoms with Crippen LogP contribution in [0.1, 0.15) is 48.9 Å². The van der Waals surface area contributed by atoms with E-state index in [1.165, 1.54) is 19.3 Å². The van der Waals surface area contributed by atoms with Crippen LogP contribution in [0.15, 0.2) is 12.4 Å². The lowest BCUT2D eigenvalue weighted by atomic mass is 9.82. The van der Waals surface area contributed by atoms with Gasteiger partial charge in [-0.15, -0.1) is 0 Å². The number of nitrogens with zero attached hydrogens (tertiary/aromatic N) is 1. The average molecular weight is 249 g/mol. The van der Waals surface area contributed by atoms with Gasteiger partial charge in [-0.05, 0) is 19.3 Å². The zero-order valence-electron chi connectivity index (χ0n) is 10.4. The van der Waals surface area contributed by atoms with E-state index in [9.17, 15) is 4.79 Å². The normalized spacial score (nSPS) is 26.3. The highest BCUT2D eigenvalue weighted by Crippen LogP contribution is 2.39. The molecular weight excluding hydrogens is 230 g/mol. The Hall–Kier alpha value is -1.36. The van der Waals surface area contributed by atoms with Crippen LogP contribution >= 0.6 is 0 Å². The van der Waals surface area contributed by atoms with Gasteiger partial charge in [0, 0.05) is 6.20 Å². The van der Waals surface area contributed by atoms with Gasteiger partial charge in [0.15, 0.2) is 0 Å². The van der Waals surface area contributed by atoms with Crippen LogP contribution in [0.3, 0.4) is 0 Å². The van der Waals surface area contributed by atoms with Gasteiger partial charge in [0.2, 0.25) is 0 Å². The fourth-order valence-corrected chi connectivity index (χ4v) is 3.13. The van der Waals surface area contributed by atoms with Gasteiger partial charge in [-0.25, -0.2) is 0 Å². The van der Waals surface area contributed by atoms with Gasteiger partial charge in [-0.2, -0.15) is 5.10 Å². The summed E-state index contributed by atoms with van der Waals surface area (Å²) in [6.07, 6.45) is 10.2. The van der Waals surface area contributed by atoms with Crippen LogP contribution in [-0.2, 0) is 4.74 Å². The van der Waals surface area contributed by atoms with E-state index < -0.39 is 0 Å². The van der Waals surface area contributed by atoms with Crippen LogP contribution < -0.4 is 5.32 Å². The second-order valence-corrected chi connectivity index (χ2v) is 5.42. The Morgan fingerprint density at radius 1 is 1.44 bits per heavy atom. The smallest absolute Gasteiger partial charge is 0.254 e. The standard InChI is InChI=1S/C13H19N3O2/c17-12(10-7-14-15-8-10)16-11-6-13(18-9-11)4-2-1-3-5-13/h7-8,11H,1-6,9H2,(H,14,15)(H,16,17)/t11-/m0/s1. The SMILES string of the molecule is O=C(N[C@@H]1COC2(CCCCC2)C1)c1cn[nH]c1. The number of carbonyl (C=O) groups is 1. The third-order valence-corrected chi connectivity index (χ3v) is 4.07. The highest BCUT2D eigenvalue weighted by molar-refractivity contribution is 5.93. The van der Waals surface area contributed by atoms with E-state index in [1.807, 2.05) is 0 Å². The number of H-pyrrole nitrogens is 1. The van der Waals surface area contributed by atoms with E-state index in [1.54, 1.807) is 12.4 Å². The first-order valence-electron chi connectivity index (χ1n) is 6.71. The highest BCUT2D eigenvalue weighted by atomic mass is 16.5. The number of carbonyl (C=O) groups excluding carboxylic acids is 1. The van der Waals surface area contributed by atoms with Gasteiger partial charge in [0.25, 0.3) is 5.91 Å². The molecule has 1 spiro atoms. The number of hydrogen-bond acceptors (Lipinski definition) is 3. The summed E-state index contributed by atoms with van der Waals surface area (Å²) < 4.78 is 5.97. The Morgan fingerprint density at radius 2 is 2.28 bits per heavy atom. The molecule has 1 aromatic heterocycles. The molecule has 2 aliphatic rings. The summed E-state index contributed by atoms with van der Waals surface area (Å²) in [6.45, 7) is 0.642. The minimum atomic E-state index is -0.0646. The van der Waals surface area contributed by atoms with Crippen molar-refractivity contribution in [2.75, 3.05) is 6.61 Å². The molecule has 2 fully saturated rings. The van der Waals surface area contributed by atoms with Crippen LogP contribution in [-0.4, -0.2) is 34.4 Å². The second kappa shape index (κ2) is 4.72. The van der Waals surface area contributed by atoms with Crippen molar-refractivity contribution in [3.05, 3.63) is 18.0 Å². The van der Waals surface area contributed by atoms with Crippen molar-refractivity contribution in [2.24, 2.45) is 0 Å². The zero-order chi connectivity index (χ0) is 12.4. The fourth-order valence-electron chi connectivity index (χ4n) is 3.13. The summed E-state index contributed by atoms with van der Waals surface area (Å²) in [5.41, 5.74) is 0.631. The van der Waals surface area contributed by atoms with E-state index in [0.29, 0.717) is 12.2 Å². The summed E-state index contributed by atoms with van der Waals surface area (Å²) in [4.78, 5) is 11.9. The summed E-state index contributed by atoms with van der Waals surface area (Å²) in [7, 11) is 0. The van der Waals surface area contributed by atoms with Gasteiger partial charge in [-0.1, -0.05) is 19.3 Å². The van der Waals surface area contributed by atoms with Crippen LogP contribution in [0.5, 0.6) is 0 Å². The molecule has 5 heteroatoms. The minimum absolute atomic E-state index is 0.0482. The fraction of sp³-hybridized carbons (Fsp3) is 0.692. The predicted molar refractivity (Wildman–Crippen MR) is 66.2 cm³/mol. The van der Waals surface area contributed by atoms with E-state index >= 15 is 0 Å². The topological polar surface area (TPSA) is 67.0 Å². The molecule has 2 heterocycles. The number of ether oxygens (including phenoxy) is 1. The molecule has 0 unspecified atom stereocenters. The molecule has 1 aliphatic heterocycles. The average Bonchev–Trinajstić information content (AvgIpc) is 3.01. The van der Waals surface area contributed by atoms with Crippen molar-refractivity contribution >= 4 is 5.91 Å². The molecule has 1 aromatic rings. The Labute approximate surface area is 106 Å². The van der Waals surface area contributed by atoms with Gasteiger partial charge in [0.1, 0.15) is 0 Å². The molecule has 0 radical (unpaired) electrons. The molecule has 1 amide bonds. The van der Waals surface area contributed by atoms with Gasteiger partial charge < -0.3 is 10.1 Å². The van der Waals surface area contributed by atoms with Gasteiger partial charge in [-0.3, -0.25) is 9.89 Å². The molecule has 0 aromatic carbocycles. The highest BCUT2D eigenvalue weighted by Gasteiger charge is 2.41. The van der Waals surface area contributed by atoms with Crippen molar-refractivity contribution in [3.8, 4) is 0 Å². The van der Waals surface area contributed by atoms with Crippen LogP contribution in [0.25, 0.3) is 0 Å². The predicted octanol–water partition coefficient (Wildman–Crippen LogP) is 1.63. The number of nitrogens with one attached hydrogen (secondary N) is 2. The monoisotopic (exact) mass is 249 g/mol. The third-order valence-electron chi connectivity index (χ3n) is 4.07. The molecule has 18 heavy (non-hydrogen) atoms. The number of hydrogen-bond donors (Lipinski definition) is 2. The summed E-state index contributed by atoms with van der Waals surface area (Å²) >= 11 is 0. The Kier molecular flexibility index (Phi) is 3.07. The first kappa shape index (κ1) is 11.7. The van der Waals surface area contributed by atoms with E-state index in [0.717, 1.165) is 19.3 Å². The molecule has 1 aliphatic carbocycles. The minimum Gasteiger partial charge on any atom is -0.373 e. The van der Waals surface area contributed by atoms with Crippen molar-refractivity contribution in [3.63, 3.8) is 0 Å². The first-order chi connectivity index (χ1) is 8.77. The Balaban J connectivity index is 1.57. The summed E-state index contributed by atoms with van der Waals surface area (Å²) in [5, 5.41) is 9.46. The van der Waals surface area contributed by atoms with Crippen LogP contribution in [0.2, 0.25) is 0 Å².